The number of amidine groups is 1. The molecule has 18 aromatic rings. The Morgan fingerprint density at radius 1 is 0.416 bits per heavy atom. The second-order valence-electron chi connectivity index (χ2n) is 29.8. The van der Waals surface area contributed by atoms with E-state index >= 15 is 0 Å². The summed E-state index contributed by atoms with van der Waals surface area (Å²) in [5.41, 5.74) is 30.4. The molecule has 5 nitrogen and oxygen atoms in total. The standard InChI is InChI=1S/C105H69I2N5S/c1-5-72-75(32-17-33-76(72)86-56-69(43-42-60(86)2)62(4)109-103(108-61(3)63-22-8-6-9-23-63)84-37-19-39-92-99(84)89-57-71(49-54-91(89)106-92)87-59-88-73-29-13-12-24-64(73)46-52-79(88)77-30-14-15-31-78(77)87)81-34-18-35-82-98-83(36-20-40-93(98)107-101(81)82)104-110-102(68-25-10-7-11-26-68)111-105(112-104)85-38-21-41-95-100(85)90-58-70(50-55-94(90)113-95)74-51-47-67-45-44-65-27-16-28-66-48-53-80(74)97(67)96(65)66/h6-26,28-44,46-59H,3,5,27,45H2,1-2,4H3/q-2. The van der Waals surface area contributed by atoms with Crippen molar-refractivity contribution >= 4 is 103 Å². The molecule has 0 atom stereocenters. The number of hydrogen-bond acceptors (Lipinski definition) is 5. The van der Waals surface area contributed by atoms with Crippen molar-refractivity contribution in [1.82, 2.24) is 15.0 Å². The van der Waals surface area contributed by atoms with Crippen LogP contribution in [0, 0.1) is 21.2 Å². The summed E-state index contributed by atoms with van der Waals surface area (Å²) in [4.78, 5) is 27.7. The number of aryl methyl sites for hydroxylation is 1. The summed E-state index contributed by atoms with van der Waals surface area (Å²) in [6.45, 7) is 11.3. The van der Waals surface area contributed by atoms with Gasteiger partial charge in [0.1, 0.15) is 0 Å². The monoisotopic (exact) mass is 1690 g/mol. The van der Waals surface area contributed by atoms with Gasteiger partial charge in [-0.2, -0.15) is 0 Å². The fourth-order valence-electron chi connectivity index (χ4n) is 18.0. The second kappa shape index (κ2) is 27.3. The Hall–Kier alpha value is -12.2. The van der Waals surface area contributed by atoms with Gasteiger partial charge in [-0.05, 0) is 45.9 Å². The molecule has 4 heterocycles. The van der Waals surface area contributed by atoms with Gasteiger partial charge in [0.25, 0.3) is 0 Å². The number of thiophene rings is 1. The van der Waals surface area contributed by atoms with Crippen molar-refractivity contribution in [2.24, 2.45) is 9.98 Å². The first-order valence-corrected chi connectivity index (χ1v) is 43.8. The number of aromatic nitrogens is 3. The van der Waals surface area contributed by atoms with E-state index in [0.29, 0.717) is 29.0 Å². The number of hydrogen-bond donors (Lipinski definition) is 0. The van der Waals surface area contributed by atoms with Gasteiger partial charge in [0.2, 0.25) is 0 Å². The maximum absolute atomic E-state index is 5.68. The van der Waals surface area contributed by atoms with Gasteiger partial charge >= 0.3 is 598 Å². The molecule has 0 bridgehead atoms. The van der Waals surface area contributed by atoms with Gasteiger partial charge in [0, 0.05) is 0 Å². The van der Waals surface area contributed by atoms with Crippen LogP contribution in [0.1, 0.15) is 64.8 Å². The van der Waals surface area contributed by atoms with Crippen molar-refractivity contribution in [2.45, 2.75) is 40.0 Å². The molecule has 536 valence electrons. The normalized spacial score (nSPS) is 13.5. The molecule has 0 unspecified atom stereocenters. The third-order valence-corrected chi connectivity index (χ3v) is 30.7. The van der Waals surface area contributed by atoms with Crippen molar-refractivity contribution in [1.29, 1.82) is 0 Å². The predicted octanol–water partition coefficient (Wildman–Crippen LogP) is 20.9. The van der Waals surface area contributed by atoms with Gasteiger partial charge in [-0.25, -0.2) is 0 Å². The van der Waals surface area contributed by atoms with E-state index in [-0.39, 0.29) is 0 Å². The Labute approximate surface area is 680 Å². The summed E-state index contributed by atoms with van der Waals surface area (Å²) in [6, 6.07) is 110. The summed E-state index contributed by atoms with van der Waals surface area (Å²) in [5, 5.41) is 12.6. The molecule has 0 saturated heterocycles. The summed E-state index contributed by atoms with van der Waals surface area (Å²) in [7, 11) is 0. The predicted molar refractivity (Wildman–Crippen MR) is 467 cm³/mol. The van der Waals surface area contributed by atoms with Crippen molar-refractivity contribution < 1.29 is 42.4 Å². The Bertz CT molecular complexity index is 7320. The van der Waals surface area contributed by atoms with Crippen LogP contribution in [-0.2, 0) is 12.8 Å². The zero-order chi connectivity index (χ0) is 75.1. The van der Waals surface area contributed by atoms with E-state index in [9.17, 15) is 0 Å². The Morgan fingerprint density at radius 2 is 1.11 bits per heavy atom. The van der Waals surface area contributed by atoms with Gasteiger partial charge in [0.05, 0.1) is 0 Å². The number of nitrogens with zero attached hydrogens (tertiary/aromatic N) is 5. The van der Waals surface area contributed by atoms with E-state index in [0.717, 1.165) is 63.7 Å². The van der Waals surface area contributed by atoms with Crippen molar-refractivity contribution in [3.63, 3.8) is 0 Å². The van der Waals surface area contributed by atoms with Gasteiger partial charge in [-0.15, -0.1) is 0 Å². The fraction of sp³-hybridized carbons (Fsp3) is 0.0571. The zero-order valence-electron chi connectivity index (χ0n) is 62.3. The van der Waals surface area contributed by atoms with Crippen LogP contribution in [-0.4, -0.2) is 26.5 Å². The van der Waals surface area contributed by atoms with Gasteiger partial charge in [0.15, 0.2) is 0 Å². The molecular formula is C105H69I2N5S-2. The molecular weight excluding hydrogens is 1620 g/mol. The molecule has 22 rings (SSSR count). The third-order valence-electron chi connectivity index (χ3n) is 23.4. The van der Waals surface area contributed by atoms with Crippen LogP contribution >= 0.6 is 11.3 Å². The molecule has 0 radical (unpaired) electrons. The number of rotatable bonds is 12. The second-order valence-corrected chi connectivity index (χ2v) is 36.5. The number of benzene rings is 16. The molecule has 8 heteroatoms. The molecule has 0 fully saturated rings. The van der Waals surface area contributed by atoms with Crippen LogP contribution in [0.25, 0.3) is 182 Å². The van der Waals surface area contributed by atoms with E-state index in [1.54, 1.807) is 0 Å². The number of aliphatic imine (C=N–C) groups is 2. The SMILES string of the molecule is C=C(N=C(N=C(C)c1ccc(C)c(-c2cccc(-c3cccc4c3[I-]c3cccc(-c5nc(-c6ccccc6)nc(-c6cccc7sc8ccc(-c9ccc%10c%11c%12c(ccc9%11)C=CCC%12=CC%10)cc8c67)n5)c3-4)c2CC)c1)c1cccc2c1-c1cc(-c3cc4c5ccccc5ccc4c4ccccc34)ccc1[I-]2)c1ccccc1. The molecule has 0 spiro atoms. The van der Waals surface area contributed by atoms with E-state index in [1.807, 2.05) is 17.4 Å². The Morgan fingerprint density at radius 3 is 1.96 bits per heavy atom. The minimum atomic E-state index is -0.644. The third kappa shape index (κ3) is 11.3. The van der Waals surface area contributed by atoms with Crippen LogP contribution in [0.5, 0.6) is 0 Å². The van der Waals surface area contributed by atoms with E-state index in [4.69, 9.17) is 24.9 Å². The molecule has 0 N–H and O–H groups in total. The topological polar surface area (TPSA) is 63.4 Å². The average Bonchev–Trinajstić information content (AvgIpc) is 1.58. The molecule has 113 heavy (non-hydrogen) atoms. The van der Waals surface area contributed by atoms with Crippen LogP contribution in [0.15, 0.2) is 326 Å². The average molecular weight is 1690 g/mol. The van der Waals surface area contributed by atoms with Gasteiger partial charge < -0.3 is 0 Å². The van der Waals surface area contributed by atoms with E-state index < -0.39 is 42.4 Å². The maximum atomic E-state index is 5.68. The molecule has 2 aliphatic heterocycles. The molecule has 2 aromatic heterocycles. The summed E-state index contributed by atoms with van der Waals surface area (Å²) < 4.78 is 7.99. The number of allylic oxidation sites excluding steroid dienone is 3. The molecule has 0 saturated carbocycles. The summed E-state index contributed by atoms with van der Waals surface area (Å²) in [6.07, 6.45) is 9.83. The molecule has 16 aromatic carbocycles. The van der Waals surface area contributed by atoms with E-state index in [2.05, 4.69) is 337 Å². The summed E-state index contributed by atoms with van der Waals surface area (Å²) in [5.74, 6) is 2.63. The van der Waals surface area contributed by atoms with E-state index in [1.165, 1.54) is 172 Å². The summed E-state index contributed by atoms with van der Waals surface area (Å²) >= 11 is 0.692. The van der Waals surface area contributed by atoms with Crippen molar-refractivity contribution in [2.75, 3.05) is 0 Å². The first-order chi connectivity index (χ1) is 55.7. The van der Waals surface area contributed by atoms with Crippen molar-refractivity contribution in [3.05, 3.63) is 375 Å². The zero-order valence-corrected chi connectivity index (χ0v) is 67.4. The van der Waals surface area contributed by atoms with Crippen LogP contribution in [0.2, 0.25) is 0 Å². The molecule has 0 amide bonds. The minimum absolute atomic E-state index is 0.496. The first kappa shape index (κ1) is 67.7. The van der Waals surface area contributed by atoms with Gasteiger partial charge in [-0.1, -0.05) is 42.5 Å². The van der Waals surface area contributed by atoms with Crippen LogP contribution < -0.4 is 42.4 Å². The first-order valence-electron chi connectivity index (χ1n) is 38.7. The van der Waals surface area contributed by atoms with Crippen LogP contribution in [0.4, 0.5) is 0 Å². The number of halogens is 2. The Kier molecular flexibility index (Phi) is 16.4. The fourth-order valence-corrected chi connectivity index (χ4v) is 25.4. The van der Waals surface area contributed by atoms with Crippen LogP contribution in [0.3, 0.4) is 0 Å². The quantitative estimate of drug-likeness (QED) is 0.0530. The molecule has 2 aliphatic carbocycles. The molecule has 4 aliphatic rings. The van der Waals surface area contributed by atoms with Crippen molar-refractivity contribution in [3.8, 4) is 101 Å². The van der Waals surface area contributed by atoms with Gasteiger partial charge in [-0.3, -0.25) is 0 Å². The Balaban J connectivity index is 0.625. The number of fused-ring (bicyclic) bond motifs is 14.